The Morgan fingerprint density at radius 2 is 1.97 bits per heavy atom. The number of carbonyl (C=O) groups is 3. The molecule has 0 bridgehead atoms. The van der Waals surface area contributed by atoms with Gasteiger partial charge in [-0.05, 0) is 36.5 Å². The number of nitrogens with two attached hydrogens (primary N) is 1. The predicted molar refractivity (Wildman–Crippen MR) is 124 cm³/mol. The van der Waals surface area contributed by atoms with Crippen molar-refractivity contribution in [3.8, 4) is 5.75 Å². The van der Waals surface area contributed by atoms with Crippen LogP contribution < -0.4 is 21.1 Å². The minimum absolute atomic E-state index is 0.122. The predicted octanol–water partition coefficient (Wildman–Crippen LogP) is 2.53. The second-order valence-electron chi connectivity index (χ2n) is 8.48. The van der Waals surface area contributed by atoms with Crippen molar-refractivity contribution in [2.45, 2.75) is 59.2 Å². The lowest BCUT2D eigenvalue weighted by Gasteiger charge is -2.21. The number of rotatable bonds is 12. The highest BCUT2D eigenvalue weighted by Gasteiger charge is 2.26. The van der Waals surface area contributed by atoms with Crippen molar-refractivity contribution in [3.05, 3.63) is 42.0 Å². The molecule has 0 saturated carbocycles. The maximum Gasteiger partial charge on any atom is 0.326 e. The molecular weight excluding hydrogens is 426 g/mol. The molecule has 0 unspecified atom stereocenters. The molecule has 33 heavy (non-hydrogen) atoms. The van der Waals surface area contributed by atoms with Gasteiger partial charge in [-0.2, -0.15) is 0 Å². The molecule has 2 amide bonds. The highest BCUT2D eigenvalue weighted by Crippen LogP contribution is 2.27. The highest BCUT2D eigenvalue weighted by atomic mass is 16.5. The number of H-pyrrole nitrogens is 1. The number of nitrogens with one attached hydrogen (secondary N) is 3. The van der Waals surface area contributed by atoms with Crippen LogP contribution in [0.2, 0.25) is 0 Å². The van der Waals surface area contributed by atoms with Gasteiger partial charge in [0.05, 0.1) is 29.9 Å². The number of carbonyl (C=O) groups excluding carboxylic acids is 2. The normalized spacial score (nSPS) is 13.8. The number of hydrogen-bond acceptors (Lipinski definition) is 6. The van der Waals surface area contributed by atoms with E-state index in [1.807, 2.05) is 20.8 Å². The van der Waals surface area contributed by atoms with Crippen molar-refractivity contribution in [3.63, 3.8) is 0 Å². The summed E-state index contributed by atoms with van der Waals surface area (Å²) in [6.45, 7) is 7.69. The van der Waals surface area contributed by atoms with Crippen molar-refractivity contribution in [1.82, 2.24) is 15.3 Å². The van der Waals surface area contributed by atoms with Gasteiger partial charge in [-0.25, -0.2) is 9.78 Å². The summed E-state index contributed by atoms with van der Waals surface area (Å²) in [6, 6.07) is 2.78. The molecule has 0 fully saturated rings. The van der Waals surface area contributed by atoms with Gasteiger partial charge in [0.25, 0.3) is 5.91 Å². The van der Waals surface area contributed by atoms with Crippen LogP contribution in [0.15, 0.2) is 30.7 Å². The van der Waals surface area contributed by atoms with Crippen LogP contribution in [-0.2, 0) is 16.2 Å². The molecule has 10 heteroatoms. The van der Waals surface area contributed by atoms with Gasteiger partial charge < -0.3 is 31.2 Å². The molecule has 1 aromatic heterocycles. The number of imidazole rings is 1. The smallest absolute Gasteiger partial charge is 0.326 e. The maximum absolute atomic E-state index is 12.8. The quantitative estimate of drug-likeness (QED) is 0.326. The number of aliphatic carboxylic acids is 1. The largest absolute Gasteiger partial charge is 0.485 e. The van der Waals surface area contributed by atoms with Gasteiger partial charge in [0.15, 0.2) is 0 Å². The molecule has 0 radical (unpaired) electrons. The van der Waals surface area contributed by atoms with Gasteiger partial charge in [0.2, 0.25) is 5.91 Å². The van der Waals surface area contributed by atoms with E-state index in [1.54, 1.807) is 13.1 Å². The Labute approximate surface area is 193 Å². The van der Waals surface area contributed by atoms with E-state index in [1.165, 1.54) is 24.5 Å². The maximum atomic E-state index is 12.8. The third kappa shape index (κ3) is 7.60. The zero-order chi connectivity index (χ0) is 24.5. The summed E-state index contributed by atoms with van der Waals surface area (Å²) in [4.78, 5) is 43.7. The fourth-order valence-electron chi connectivity index (χ4n) is 3.15. The molecule has 3 atom stereocenters. The van der Waals surface area contributed by atoms with Gasteiger partial charge >= 0.3 is 5.97 Å². The third-order valence-corrected chi connectivity index (χ3v) is 5.27. The molecule has 6 N–H and O–H groups in total. The van der Waals surface area contributed by atoms with E-state index >= 15 is 0 Å². The van der Waals surface area contributed by atoms with Crippen LogP contribution in [-0.4, -0.2) is 44.9 Å². The van der Waals surface area contributed by atoms with Crippen molar-refractivity contribution < 1.29 is 24.2 Å². The van der Waals surface area contributed by atoms with E-state index < -0.39 is 24.0 Å². The molecule has 2 rings (SSSR count). The van der Waals surface area contributed by atoms with Gasteiger partial charge in [-0.1, -0.05) is 34.1 Å². The van der Waals surface area contributed by atoms with Crippen LogP contribution >= 0.6 is 0 Å². The third-order valence-electron chi connectivity index (χ3n) is 5.27. The van der Waals surface area contributed by atoms with Gasteiger partial charge in [-0.15, -0.1) is 0 Å². The standard InChI is InChI=1S/C23H33N5O5/c1-5-14(4)20(23(31)32)28-21(29)15-6-7-18(27-22(30)17(24)8-13(2)3)19(9-15)33-11-16-10-25-12-26-16/h6-7,9-10,12-14,17,20H,5,8,11,24H2,1-4H3,(H,25,26)(H,27,30)(H,28,29)(H,31,32)/t14-,17-,20-/m0/s1. The summed E-state index contributed by atoms with van der Waals surface area (Å²) in [7, 11) is 0. The first-order valence-corrected chi connectivity index (χ1v) is 11.0. The van der Waals surface area contributed by atoms with E-state index in [0.717, 1.165) is 0 Å². The van der Waals surface area contributed by atoms with E-state index in [-0.39, 0.29) is 35.7 Å². The van der Waals surface area contributed by atoms with Crippen LogP contribution in [0.5, 0.6) is 5.75 Å². The molecule has 1 heterocycles. The number of ether oxygens (including phenoxy) is 1. The highest BCUT2D eigenvalue weighted by molar-refractivity contribution is 5.99. The van der Waals surface area contributed by atoms with Crippen LogP contribution in [0.25, 0.3) is 0 Å². The Morgan fingerprint density at radius 3 is 2.55 bits per heavy atom. The first kappa shape index (κ1) is 25.9. The minimum atomic E-state index is -1.10. The summed E-state index contributed by atoms with van der Waals surface area (Å²) in [5.41, 5.74) is 7.24. The fourth-order valence-corrected chi connectivity index (χ4v) is 3.15. The Bertz CT molecular complexity index is 945. The first-order valence-electron chi connectivity index (χ1n) is 11.0. The summed E-state index contributed by atoms with van der Waals surface area (Å²) in [6.07, 6.45) is 4.22. The number of hydrogen-bond donors (Lipinski definition) is 5. The summed E-state index contributed by atoms with van der Waals surface area (Å²) in [5, 5.41) is 14.8. The Balaban J connectivity index is 2.26. The van der Waals surface area contributed by atoms with E-state index in [0.29, 0.717) is 24.2 Å². The lowest BCUT2D eigenvalue weighted by molar-refractivity contribution is -0.140. The van der Waals surface area contributed by atoms with Crippen molar-refractivity contribution >= 4 is 23.5 Å². The number of amides is 2. The molecule has 0 aliphatic carbocycles. The number of anilines is 1. The number of benzene rings is 1. The molecule has 0 spiro atoms. The molecular formula is C23H33N5O5. The van der Waals surface area contributed by atoms with E-state index in [2.05, 4.69) is 20.6 Å². The number of aromatic nitrogens is 2. The van der Waals surface area contributed by atoms with Crippen LogP contribution in [0.3, 0.4) is 0 Å². The summed E-state index contributed by atoms with van der Waals surface area (Å²) >= 11 is 0. The van der Waals surface area contributed by atoms with Crippen molar-refractivity contribution in [2.75, 3.05) is 5.32 Å². The monoisotopic (exact) mass is 459 g/mol. The average molecular weight is 460 g/mol. The van der Waals surface area contributed by atoms with E-state index in [9.17, 15) is 19.5 Å². The minimum Gasteiger partial charge on any atom is -0.485 e. The number of carboxylic acids is 1. The molecule has 0 saturated heterocycles. The van der Waals surface area contributed by atoms with E-state index in [4.69, 9.17) is 10.5 Å². The second-order valence-corrected chi connectivity index (χ2v) is 8.48. The average Bonchev–Trinajstić information content (AvgIpc) is 3.28. The Hall–Kier alpha value is -3.40. The molecule has 180 valence electrons. The van der Waals surface area contributed by atoms with Gasteiger partial charge in [-0.3, -0.25) is 9.59 Å². The topological polar surface area (TPSA) is 159 Å². The SMILES string of the molecule is CC[C@H](C)[C@H](NC(=O)c1ccc(NC(=O)[C@@H](N)CC(C)C)c(OCc2cnc[nH]2)c1)C(=O)O. The second kappa shape index (κ2) is 12.0. The molecule has 2 aromatic rings. The fraction of sp³-hybridized carbons (Fsp3) is 0.478. The molecule has 1 aromatic carbocycles. The Kier molecular flexibility index (Phi) is 9.41. The number of carboxylic acid groups (broad SMARTS) is 1. The summed E-state index contributed by atoms with van der Waals surface area (Å²) in [5.74, 6) is -1.77. The first-order chi connectivity index (χ1) is 15.6. The lowest BCUT2D eigenvalue weighted by Crippen LogP contribution is -2.45. The molecule has 0 aliphatic heterocycles. The number of nitrogens with zero attached hydrogens (tertiary/aromatic N) is 1. The van der Waals surface area contributed by atoms with Crippen molar-refractivity contribution in [2.24, 2.45) is 17.6 Å². The zero-order valence-electron chi connectivity index (χ0n) is 19.4. The molecule has 10 nitrogen and oxygen atoms in total. The molecule has 0 aliphatic rings. The van der Waals surface area contributed by atoms with Crippen molar-refractivity contribution in [1.29, 1.82) is 0 Å². The van der Waals surface area contributed by atoms with Crippen LogP contribution in [0.4, 0.5) is 5.69 Å². The van der Waals surface area contributed by atoms with Crippen LogP contribution in [0.1, 0.15) is 56.6 Å². The lowest BCUT2D eigenvalue weighted by atomic mass is 9.99. The van der Waals surface area contributed by atoms with Gasteiger partial charge in [0.1, 0.15) is 18.4 Å². The number of aromatic amines is 1. The zero-order valence-corrected chi connectivity index (χ0v) is 19.4. The van der Waals surface area contributed by atoms with Crippen LogP contribution in [0, 0.1) is 11.8 Å². The Morgan fingerprint density at radius 1 is 1.24 bits per heavy atom. The summed E-state index contributed by atoms with van der Waals surface area (Å²) < 4.78 is 5.83. The van der Waals surface area contributed by atoms with Gasteiger partial charge in [0, 0.05) is 5.56 Å².